The van der Waals surface area contributed by atoms with Crippen LogP contribution in [0.25, 0.3) is 11.1 Å². The molecule has 0 saturated carbocycles. The topological polar surface area (TPSA) is 114 Å². The molecule has 1 unspecified atom stereocenters. The zero-order chi connectivity index (χ0) is 24.5. The van der Waals surface area contributed by atoms with Gasteiger partial charge in [-0.05, 0) is 34.1 Å². The van der Waals surface area contributed by atoms with Crippen molar-refractivity contribution in [2.75, 3.05) is 13.2 Å². The highest BCUT2D eigenvalue weighted by molar-refractivity contribution is 5.88. The standard InChI is InChI=1S/C26H30N2O6/c1-26(2,3)22(24(30)31)28-23(29)21-20(12-13-33-21)27-25(32)34-14-19-17-10-6-4-8-15(17)16-9-5-7-11-18(16)19/h4-11,19-22H,12-14H2,1-3H3,(H,27,32)(H,28,29)(H,30,31)/t20-,21+,22?/m0/s1. The van der Waals surface area contributed by atoms with Gasteiger partial charge in [0.1, 0.15) is 12.6 Å². The highest BCUT2D eigenvalue weighted by Crippen LogP contribution is 2.44. The number of carbonyl (C=O) groups is 3. The lowest BCUT2D eigenvalue weighted by molar-refractivity contribution is -0.147. The molecule has 1 fully saturated rings. The van der Waals surface area contributed by atoms with Crippen molar-refractivity contribution in [2.45, 2.75) is 51.3 Å². The summed E-state index contributed by atoms with van der Waals surface area (Å²) in [6.07, 6.45) is -1.19. The maximum absolute atomic E-state index is 12.7. The quantitative estimate of drug-likeness (QED) is 0.602. The van der Waals surface area contributed by atoms with Crippen LogP contribution in [0, 0.1) is 5.41 Å². The van der Waals surface area contributed by atoms with Gasteiger partial charge in [-0.25, -0.2) is 9.59 Å². The lowest BCUT2D eigenvalue weighted by Gasteiger charge is -2.29. The lowest BCUT2D eigenvalue weighted by Crippen LogP contribution is -2.55. The zero-order valence-corrected chi connectivity index (χ0v) is 19.5. The highest BCUT2D eigenvalue weighted by atomic mass is 16.6. The normalized spacial score (nSPS) is 20.2. The van der Waals surface area contributed by atoms with E-state index in [1.54, 1.807) is 20.8 Å². The summed E-state index contributed by atoms with van der Waals surface area (Å²) in [6.45, 7) is 5.63. The first-order valence-corrected chi connectivity index (χ1v) is 11.4. The molecule has 4 rings (SSSR count). The average Bonchev–Trinajstić information content (AvgIpc) is 3.37. The van der Waals surface area contributed by atoms with E-state index in [0.717, 1.165) is 22.3 Å². The van der Waals surface area contributed by atoms with Crippen molar-refractivity contribution in [2.24, 2.45) is 5.41 Å². The van der Waals surface area contributed by atoms with E-state index in [2.05, 4.69) is 22.8 Å². The van der Waals surface area contributed by atoms with E-state index < -0.39 is 41.6 Å². The fourth-order valence-electron chi connectivity index (χ4n) is 4.66. The third-order valence-corrected chi connectivity index (χ3v) is 6.40. The number of rotatable bonds is 6. The summed E-state index contributed by atoms with van der Waals surface area (Å²) in [5, 5.41) is 14.8. The summed E-state index contributed by atoms with van der Waals surface area (Å²) in [7, 11) is 0. The minimum absolute atomic E-state index is 0.0693. The molecule has 8 nitrogen and oxygen atoms in total. The number of nitrogens with one attached hydrogen (secondary N) is 2. The number of hydrogen-bond donors (Lipinski definition) is 3. The first-order valence-electron chi connectivity index (χ1n) is 11.4. The van der Waals surface area contributed by atoms with Crippen LogP contribution in [-0.4, -0.2) is 54.5 Å². The number of aliphatic carboxylic acids is 1. The van der Waals surface area contributed by atoms with Crippen LogP contribution in [0.4, 0.5) is 4.79 Å². The molecule has 2 amide bonds. The molecule has 0 spiro atoms. The van der Waals surface area contributed by atoms with Crippen LogP contribution < -0.4 is 10.6 Å². The van der Waals surface area contributed by atoms with Gasteiger partial charge >= 0.3 is 12.1 Å². The SMILES string of the molecule is CC(C)(C)C(NC(=O)[C@@H]1OCC[C@@H]1NC(=O)OCC1c2ccccc2-c2ccccc21)C(=O)O. The summed E-state index contributed by atoms with van der Waals surface area (Å²) >= 11 is 0. The van der Waals surface area contributed by atoms with Gasteiger partial charge < -0.3 is 25.2 Å². The van der Waals surface area contributed by atoms with E-state index >= 15 is 0 Å². The second-order valence-electron chi connectivity index (χ2n) is 9.80. The number of fused-ring (bicyclic) bond motifs is 3. The van der Waals surface area contributed by atoms with Crippen LogP contribution >= 0.6 is 0 Å². The molecule has 1 saturated heterocycles. The van der Waals surface area contributed by atoms with Crippen molar-refractivity contribution in [3.8, 4) is 11.1 Å². The molecule has 8 heteroatoms. The third kappa shape index (κ3) is 4.77. The Hall–Kier alpha value is -3.39. The van der Waals surface area contributed by atoms with Crippen molar-refractivity contribution in [1.82, 2.24) is 10.6 Å². The molecule has 1 aliphatic heterocycles. The molecule has 180 valence electrons. The van der Waals surface area contributed by atoms with Gasteiger partial charge in [0.25, 0.3) is 5.91 Å². The van der Waals surface area contributed by atoms with Gasteiger partial charge in [-0.1, -0.05) is 69.3 Å². The molecule has 0 radical (unpaired) electrons. The van der Waals surface area contributed by atoms with Crippen LogP contribution in [0.15, 0.2) is 48.5 Å². The Morgan fingerprint density at radius 3 is 2.21 bits per heavy atom. The van der Waals surface area contributed by atoms with Crippen molar-refractivity contribution in [1.29, 1.82) is 0 Å². The van der Waals surface area contributed by atoms with Crippen LogP contribution in [0.3, 0.4) is 0 Å². The van der Waals surface area contributed by atoms with E-state index in [-0.39, 0.29) is 19.1 Å². The Balaban J connectivity index is 1.38. The van der Waals surface area contributed by atoms with Gasteiger partial charge in [0.05, 0.1) is 6.04 Å². The highest BCUT2D eigenvalue weighted by Gasteiger charge is 2.40. The van der Waals surface area contributed by atoms with Gasteiger partial charge in [0.2, 0.25) is 0 Å². The van der Waals surface area contributed by atoms with E-state index in [1.165, 1.54) is 0 Å². The average molecular weight is 467 g/mol. The number of ether oxygens (including phenoxy) is 2. The minimum Gasteiger partial charge on any atom is -0.480 e. The monoisotopic (exact) mass is 466 g/mol. The van der Waals surface area contributed by atoms with Crippen LogP contribution in [0.1, 0.15) is 44.2 Å². The molecule has 3 atom stereocenters. The smallest absolute Gasteiger partial charge is 0.407 e. The summed E-state index contributed by atoms with van der Waals surface area (Å²) in [6, 6.07) is 14.4. The molecule has 3 N–H and O–H groups in total. The summed E-state index contributed by atoms with van der Waals surface area (Å²) in [4.78, 5) is 37.0. The fraction of sp³-hybridized carbons (Fsp3) is 0.423. The Morgan fingerprint density at radius 1 is 1.06 bits per heavy atom. The fourth-order valence-corrected chi connectivity index (χ4v) is 4.66. The number of carboxylic acid groups (broad SMARTS) is 1. The van der Waals surface area contributed by atoms with Gasteiger partial charge in [-0.2, -0.15) is 0 Å². The molecule has 2 aromatic rings. The molecule has 34 heavy (non-hydrogen) atoms. The van der Waals surface area contributed by atoms with Gasteiger partial charge in [-0.3, -0.25) is 4.79 Å². The molecule has 0 aromatic heterocycles. The first-order chi connectivity index (χ1) is 16.2. The van der Waals surface area contributed by atoms with Gasteiger partial charge in [0.15, 0.2) is 6.10 Å². The van der Waals surface area contributed by atoms with Gasteiger partial charge in [-0.15, -0.1) is 0 Å². The predicted octanol–water partition coefficient (Wildman–Crippen LogP) is 3.30. The summed E-state index contributed by atoms with van der Waals surface area (Å²) in [5.41, 5.74) is 3.81. The first kappa shape index (κ1) is 23.8. The van der Waals surface area contributed by atoms with Crippen molar-refractivity contribution < 1.29 is 29.0 Å². The van der Waals surface area contributed by atoms with Crippen molar-refractivity contribution >= 4 is 18.0 Å². The van der Waals surface area contributed by atoms with E-state index in [9.17, 15) is 19.5 Å². The number of carboxylic acids is 1. The van der Waals surface area contributed by atoms with Gasteiger partial charge in [0, 0.05) is 12.5 Å². The molecule has 2 aromatic carbocycles. The van der Waals surface area contributed by atoms with E-state index in [4.69, 9.17) is 9.47 Å². The Labute approximate surface area is 198 Å². The maximum atomic E-state index is 12.7. The molecular formula is C26H30N2O6. The number of carbonyl (C=O) groups excluding carboxylic acids is 2. The number of hydrogen-bond acceptors (Lipinski definition) is 5. The minimum atomic E-state index is -1.13. The zero-order valence-electron chi connectivity index (χ0n) is 19.5. The predicted molar refractivity (Wildman–Crippen MR) is 125 cm³/mol. The van der Waals surface area contributed by atoms with Crippen molar-refractivity contribution in [3.05, 3.63) is 59.7 Å². The second kappa shape index (κ2) is 9.46. The van der Waals surface area contributed by atoms with Crippen molar-refractivity contribution in [3.63, 3.8) is 0 Å². The number of alkyl carbamates (subject to hydrolysis) is 1. The molecule has 2 aliphatic rings. The molecule has 0 bridgehead atoms. The van der Waals surface area contributed by atoms with Crippen LogP contribution in [-0.2, 0) is 19.1 Å². The second-order valence-corrected chi connectivity index (χ2v) is 9.80. The Kier molecular flexibility index (Phi) is 6.61. The number of benzene rings is 2. The lowest BCUT2D eigenvalue weighted by atomic mass is 9.86. The third-order valence-electron chi connectivity index (χ3n) is 6.40. The maximum Gasteiger partial charge on any atom is 0.407 e. The van der Waals surface area contributed by atoms with Crippen LogP contribution in [0.5, 0.6) is 0 Å². The molecule has 1 heterocycles. The Morgan fingerprint density at radius 2 is 1.65 bits per heavy atom. The van der Waals surface area contributed by atoms with E-state index in [1.807, 2.05) is 36.4 Å². The largest absolute Gasteiger partial charge is 0.480 e. The van der Waals surface area contributed by atoms with E-state index in [0.29, 0.717) is 6.42 Å². The molecular weight excluding hydrogens is 436 g/mol. The van der Waals surface area contributed by atoms with Crippen LogP contribution in [0.2, 0.25) is 0 Å². The number of amides is 2. The molecule has 1 aliphatic carbocycles. The Bertz CT molecular complexity index is 1050. The summed E-state index contributed by atoms with van der Waals surface area (Å²) < 4.78 is 11.1. The summed E-state index contributed by atoms with van der Waals surface area (Å²) in [5.74, 6) is -1.76.